The van der Waals surface area contributed by atoms with Gasteiger partial charge in [0.05, 0.1) is 24.5 Å². The molecule has 2 aromatic rings. The van der Waals surface area contributed by atoms with Crippen LogP contribution in [0.3, 0.4) is 0 Å². The lowest BCUT2D eigenvalue weighted by molar-refractivity contribution is -0.154. The zero-order valence-corrected chi connectivity index (χ0v) is 22.5. The van der Waals surface area contributed by atoms with Crippen LogP contribution in [0.1, 0.15) is 39.0 Å². The van der Waals surface area contributed by atoms with E-state index in [1.54, 1.807) is 11.8 Å². The zero-order chi connectivity index (χ0) is 26.2. The minimum absolute atomic E-state index is 0.133. The van der Waals surface area contributed by atoms with Gasteiger partial charge in [-0.2, -0.15) is 0 Å². The topological polar surface area (TPSA) is 105 Å². The first kappa shape index (κ1) is 26.1. The van der Waals surface area contributed by atoms with Gasteiger partial charge in [-0.3, -0.25) is 14.4 Å². The predicted octanol–water partition coefficient (Wildman–Crippen LogP) is 3.64. The molecule has 8 nitrogen and oxygen atoms in total. The number of esters is 1. The molecule has 3 aliphatic rings. The van der Waals surface area contributed by atoms with Gasteiger partial charge in [-0.15, -0.1) is 0 Å². The molecule has 0 aliphatic carbocycles. The van der Waals surface area contributed by atoms with Crippen LogP contribution in [0.15, 0.2) is 42.5 Å². The van der Waals surface area contributed by atoms with E-state index >= 15 is 0 Å². The molecule has 2 amide bonds. The third kappa shape index (κ3) is 4.55. The number of anilines is 1. The Kier molecular flexibility index (Phi) is 7.56. The summed E-state index contributed by atoms with van der Waals surface area (Å²) < 4.78 is 11.8. The number of nitrogens with zero attached hydrogens (tertiary/aromatic N) is 1. The minimum atomic E-state index is -1.10. The maximum atomic E-state index is 13.9. The monoisotopic (exact) mass is 572 g/mol. The molecule has 9 heteroatoms. The molecule has 37 heavy (non-hydrogen) atoms. The van der Waals surface area contributed by atoms with Gasteiger partial charge in [0.15, 0.2) is 0 Å². The van der Waals surface area contributed by atoms with Crippen molar-refractivity contribution in [3.8, 4) is 0 Å². The molecule has 0 aromatic heterocycles. The first-order chi connectivity index (χ1) is 17.9. The van der Waals surface area contributed by atoms with Crippen molar-refractivity contribution in [1.29, 1.82) is 0 Å². The quantitative estimate of drug-likeness (QED) is 0.256. The summed E-state index contributed by atoms with van der Waals surface area (Å²) in [6.07, 6.45) is 3.01. The molecule has 2 N–H and O–H groups in total. The summed E-state index contributed by atoms with van der Waals surface area (Å²) in [7, 11) is 0. The number of carbonyl (C=O) groups excluding carboxylic acids is 3. The number of benzene rings is 2. The largest absolute Gasteiger partial charge is 0.466 e. The van der Waals surface area contributed by atoms with Crippen molar-refractivity contribution < 1.29 is 29.0 Å². The van der Waals surface area contributed by atoms with E-state index in [4.69, 9.17) is 14.6 Å². The molecule has 6 atom stereocenters. The number of aliphatic hydroxyl groups is 1. The van der Waals surface area contributed by atoms with Crippen molar-refractivity contribution in [2.45, 2.75) is 61.6 Å². The maximum absolute atomic E-state index is 13.9. The van der Waals surface area contributed by atoms with Crippen LogP contribution in [0.4, 0.5) is 5.69 Å². The minimum Gasteiger partial charge on any atom is -0.466 e. The number of fused-ring (bicyclic) bond motifs is 2. The lowest BCUT2D eigenvalue weighted by Gasteiger charge is -2.34. The summed E-state index contributed by atoms with van der Waals surface area (Å²) in [6.45, 7) is 2.47. The van der Waals surface area contributed by atoms with E-state index in [-0.39, 0.29) is 29.9 Å². The molecule has 2 bridgehead atoms. The second kappa shape index (κ2) is 10.7. The Morgan fingerprint density at radius 3 is 2.68 bits per heavy atom. The van der Waals surface area contributed by atoms with Gasteiger partial charge < -0.3 is 24.8 Å². The van der Waals surface area contributed by atoms with Crippen LogP contribution in [-0.2, 0) is 23.9 Å². The number of halogens is 1. The van der Waals surface area contributed by atoms with Crippen LogP contribution < -0.4 is 5.32 Å². The Labute approximate surface area is 224 Å². The van der Waals surface area contributed by atoms with Gasteiger partial charge in [0, 0.05) is 23.7 Å². The number of hydrogen-bond acceptors (Lipinski definition) is 6. The van der Waals surface area contributed by atoms with Gasteiger partial charge in [0.25, 0.3) is 0 Å². The van der Waals surface area contributed by atoms with Crippen molar-refractivity contribution >= 4 is 50.2 Å². The molecule has 3 aliphatic heterocycles. The second-order valence-corrected chi connectivity index (χ2v) is 11.3. The Morgan fingerprint density at radius 1 is 1.16 bits per heavy atom. The summed E-state index contributed by atoms with van der Waals surface area (Å²) in [5, 5.41) is 14.2. The van der Waals surface area contributed by atoms with Crippen LogP contribution in [0.2, 0.25) is 0 Å². The normalized spacial score (nSPS) is 30.1. The van der Waals surface area contributed by atoms with E-state index in [1.807, 2.05) is 42.5 Å². The highest BCUT2D eigenvalue weighted by Crippen LogP contribution is 2.60. The highest BCUT2D eigenvalue weighted by atomic mass is 79.9. The smallest absolute Gasteiger partial charge is 0.312 e. The van der Waals surface area contributed by atoms with Gasteiger partial charge in [0.2, 0.25) is 11.8 Å². The molecule has 0 radical (unpaired) electrons. The highest BCUT2D eigenvalue weighted by molar-refractivity contribution is 9.09. The van der Waals surface area contributed by atoms with Crippen molar-refractivity contribution in [2.24, 2.45) is 11.8 Å². The van der Waals surface area contributed by atoms with Crippen molar-refractivity contribution in [3.05, 3.63) is 42.5 Å². The number of nitrogens with one attached hydrogen (secondary N) is 1. The van der Waals surface area contributed by atoms with E-state index in [0.29, 0.717) is 31.5 Å². The number of aliphatic hydroxyl groups excluding tert-OH is 1. The molecule has 0 saturated carbocycles. The summed E-state index contributed by atoms with van der Waals surface area (Å²) in [4.78, 5) is 42.2. The van der Waals surface area contributed by atoms with Crippen LogP contribution in [0.5, 0.6) is 0 Å². The lowest BCUT2D eigenvalue weighted by atomic mass is 9.70. The second-order valence-electron chi connectivity index (χ2n) is 10.1. The molecule has 3 unspecified atom stereocenters. The molecular formula is C28H33BrN2O6. The van der Waals surface area contributed by atoms with Crippen molar-refractivity contribution in [2.75, 3.05) is 25.1 Å². The highest BCUT2D eigenvalue weighted by Gasteiger charge is 2.76. The number of alkyl halides is 1. The number of hydrogen-bond donors (Lipinski definition) is 2. The van der Waals surface area contributed by atoms with E-state index in [0.717, 1.165) is 23.6 Å². The molecule has 5 rings (SSSR count). The number of unbranched alkanes of at least 4 members (excludes halogenated alkanes) is 3. The van der Waals surface area contributed by atoms with E-state index in [1.165, 1.54) is 0 Å². The zero-order valence-electron chi connectivity index (χ0n) is 20.9. The van der Waals surface area contributed by atoms with Crippen LogP contribution in [0.25, 0.3) is 10.8 Å². The third-order valence-corrected chi connectivity index (χ3v) is 8.77. The Morgan fingerprint density at radius 2 is 1.92 bits per heavy atom. The first-order valence-electron chi connectivity index (χ1n) is 13.1. The van der Waals surface area contributed by atoms with Gasteiger partial charge in [0.1, 0.15) is 11.6 Å². The third-order valence-electron chi connectivity index (χ3n) is 7.92. The van der Waals surface area contributed by atoms with Crippen LogP contribution in [0, 0.1) is 11.8 Å². The average Bonchev–Trinajstić information content (AvgIpc) is 3.47. The summed E-state index contributed by atoms with van der Waals surface area (Å²) in [5.74, 6) is -2.49. The SMILES string of the molecule is CCOC(=O)[C@H]1[C@H]2C(=O)N(CCCCCCO)C(C(=O)Nc3ccc4ccccc4c3)C23CC(Br)[C@@H]1O3. The number of carbonyl (C=O) groups is 3. The van der Waals surface area contributed by atoms with Crippen LogP contribution >= 0.6 is 15.9 Å². The van der Waals surface area contributed by atoms with Crippen LogP contribution in [-0.4, -0.2) is 70.1 Å². The molecule has 3 heterocycles. The average molecular weight is 573 g/mol. The summed E-state index contributed by atoms with van der Waals surface area (Å²) in [6, 6.07) is 12.8. The predicted molar refractivity (Wildman–Crippen MR) is 142 cm³/mol. The standard InChI is InChI=1S/C28H33BrN2O6/c1-2-36-27(35)21-22-26(34)31(13-7-3-4-8-14-32)24(28(22)16-20(29)23(21)37-28)25(33)30-19-12-11-17-9-5-6-10-18(17)15-19/h5-6,9-12,15,20-24,32H,2-4,7-8,13-14,16H2,1H3,(H,30,33)/t20?,21-,22-,23-,24?,28?/m0/s1. The number of amides is 2. The molecule has 3 fully saturated rings. The fourth-order valence-electron chi connectivity index (χ4n) is 6.40. The summed E-state index contributed by atoms with van der Waals surface area (Å²) >= 11 is 3.66. The lowest BCUT2D eigenvalue weighted by Crippen LogP contribution is -2.54. The number of rotatable bonds is 10. The van der Waals surface area contributed by atoms with Gasteiger partial charge in [-0.1, -0.05) is 59.1 Å². The van der Waals surface area contributed by atoms with E-state index in [9.17, 15) is 14.4 Å². The molecule has 198 valence electrons. The summed E-state index contributed by atoms with van der Waals surface area (Å²) in [5.41, 5.74) is -0.455. The first-order valence-corrected chi connectivity index (χ1v) is 14.0. The Bertz CT molecular complexity index is 1190. The fraction of sp³-hybridized carbons (Fsp3) is 0.536. The molecule has 3 saturated heterocycles. The Hall–Kier alpha value is -2.49. The number of likely N-dealkylation sites (tertiary alicyclic amines) is 1. The number of ether oxygens (including phenoxy) is 2. The molecular weight excluding hydrogens is 540 g/mol. The van der Waals surface area contributed by atoms with Crippen molar-refractivity contribution in [3.63, 3.8) is 0 Å². The van der Waals surface area contributed by atoms with Gasteiger partial charge >= 0.3 is 5.97 Å². The van der Waals surface area contributed by atoms with Gasteiger partial charge in [-0.05, 0) is 49.1 Å². The van der Waals surface area contributed by atoms with E-state index < -0.39 is 35.6 Å². The molecule has 1 spiro atoms. The Balaban J connectivity index is 1.45. The fourth-order valence-corrected chi connectivity index (χ4v) is 7.35. The van der Waals surface area contributed by atoms with Gasteiger partial charge in [-0.25, -0.2) is 0 Å². The van der Waals surface area contributed by atoms with E-state index in [2.05, 4.69) is 21.2 Å². The van der Waals surface area contributed by atoms with Crippen molar-refractivity contribution in [1.82, 2.24) is 4.90 Å². The maximum Gasteiger partial charge on any atom is 0.312 e. The molecule has 2 aromatic carbocycles.